The van der Waals surface area contributed by atoms with Crippen LogP contribution in [0.5, 0.6) is 0 Å². The van der Waals surface area contributed by atoms with Crippen LogP contribution in [0.1, 0.15) is 20.8 Å². The number of ketones is 1. The lowest BCUT2D eigenvalue weighted by Crippen LogP contribution is -2.62. The summed E-state index contributed by atoms with van der Waals surface area (Å²) in [5.41, 5.74) is -1.38. The number of aliphatic hydroxyl groups is 1. The molecule has 6 heteroatoms. The number of aliphatic imine (C=N–C) groups is 1. The molecule has 0 aromatic carbocycles. The van der Waals surface area contributed by atoms with Crippen LogP contribution in [-0.4, -0.2) is 28.6 Å². The van der Waals surface area contributed by atoms with Crippen molar-refractivity contribution in [1.29, 1.82) is 5.26 Å². The van der Waals surface area contributed by atoms with E-state index in [-0.39, 0.29) is 17.8 Å². The van der Waals surface area contributed by atoms with Crippen LogP contribution in [0.2, 0.25) is 0 Å². The smallest absolute Gasteiger partial charge is 0.207 e. The molecule has 0 saturated carbocycles. The maximum absolute atomic E-state index is 11.3. The van der Waals surface area contributed by atoms with E-state index in [1.165, 1.54) is 13.8 Å². The van der Waals surface area contributed by atoms with Crippen molar-refractivity contribution in [2.24, 2.45) is 10.9 Å². The third-order valence-electron chi connectivity index (χ3n) is 2.40. The van der Waals surface area contributed by atoms with E-state index in [4.69, 9.17) is 5.26 Å². The van der Waals surface area contributed by atoms with Crippen LogP contribution in [0.4, 0.5) is 0 Å². The Bertz CT molecular complexity index is 343. The molecule has 1 aliphatic heterocycles. The molecule has 0 fully saturated rings. The minimum absolute atomic E-state index is 0.139. The van der Waals surface area contributed by atoms with Gasteiger partial charge in [-0.3, -0.25) is 10.1 Å². The fraction of sp³-hybridized carbons (Fsp3) is 0.667. The third-order valence-corrected chi connectivity index (χ3v) is 2.40. The van der Waals surface area contributed by atoms with Crippen LogP contribution in [0.25, 0.3) is 0 Å². The lowest BCUT2D eigenvalue weighted by molar-refractivity contribution is -0.132. The molecule has 0 saturated heterocycles. The van der Waals surface area contributed by atoms with Crippen LogP contribution >= 0.6 is 0 Å². The zero-order chi connectivity index (χ0) is 11.6. The maximum atomic E-state index is 11.3. The fourth-order valence-corrected chi connectivity index (χ4v) is 1.95. The summed E-state index contributed by atoms with van der Waals surface area (Å²) in [6.07, 6.45) is 1.70. The van der Waals surface area contributed by atoms with Gasteiger partial charge in [0.1, 0.15) is 11.5 Å². The number of carbonyl (C=O) groups excluding carboxylic acids is 1. The van der Waals surface area contributed by atoms with Crippen LogP contribution in [0, 0.1) is 17.4 Å². The Balaban J connectivity index is 2.98. The van der Waals surface area contributed by atoms with Crippen LogP contribution in [-0.2, 0) is 4.79 Å². The summed E-state index contributed by atoms with van der Waals surface area (Å²) in [6.45, 7) is 4.62. The molecule has 3 atom stereocenters. The molecule has 0 aromatic rings. The molecule has 0 unspecified atom stereocenters. The largest absolute Gasteiger partial charge is 0.370 e. The number of hydrogen-bond donors (Lipinski definition) is 3. The normalized spacial score (nSPS) is 34.7. The lowest BCUT2D eigenvalue weighted by atomic mass is 9.86. The highest BCUT2D eigenvalue weighted by Gasteiger charge is 2.43. The Hall–Kier alpha value is -1.61. The van der Waals surface area contributed by atoms with E-state index >= 15 is 0 Å². The quantitative estimate of drug-likeness (QED) is 0.393. The molecule has 1 heterocycles. The number of Topliss-reactive ketones (excluding diaryl/α,β-unsaturated/α-hetero) is 1. The van der Waals surface area contributed by atoms with Gasteiger partial charge < -0.3 is 10.4 Å². The Morgan fingerprint density at radius 3 is 2.80 bits per heavy atom. The van der Waals surface area contributed by atoms with E-state index in [1.807, 2.05) is 0 Å². The second-order valence-corrected chi connectivity index (χ2v) is 3.82. The highest BCUT2D eigenvalue weighted by molar-refractivity contribution is 5.87. The predicted octanol–water partition coefficient (Wildman–Crippen LogP) is -0.682. The molecule has 0 amide bonds. The molecular weight excluding hydrogens is 196 g/mol. The van der Waals surface area contributed by atoms with Gasteiger partial charge in [-0.2, -0.15) is 5.26 Å². The highest BCUT2D eigenvalue weighted by Crippen LogP contribution is 2.24. The zero-order valence-electron chi connectivity index (χ0n) is 8.90. The first kappa shape index (κ1) is 11.5. The molecule has 0 aliphatic carbocycles. The summed E-state index contributed by atoms with van der Waals surface area (Å²) >= 11 is 0. The summed E-state index contributed by atoms with van der Waals surface area (Å²) in [7, 11) is 0. The number of guanidine groups is 1. The number of nitrogens with one attached hydrogen (secondary N) is 2. The van der Waals surface area contributed by atoms with Crippen LogP contribution in [0.15, 0.2) is 4.99 Å². The molecule has 0 radical (unpaired) electrons. The standard InChI is InChI=1S/C9H14N4O2/c1-5-7(6(2)14)9(3,15)13-8(12-5)11-4-10/h5,7,15H,1-3H3,(H2,11,12,13)/t5-,7+,9-/m1/s1. The maximum Gasteiger partial charge on any atom is 0.207 e. The number of nitriles is 1. The number of carbonyl (C=O) groups is 1. The number of rotatable bonds is 1. The summed E-state index contributed by atoms with van der Waals surface area (Å²) < 4.78 is 0. The van der Waals surface area contributed by atoms with Gasteiger partial charge in [0.25, 0.3) is 0 Å². The topological polar surface area (TPSA) is 97.5 Å². The van der Waals surface area contributed by atoms with Gasteiger partial charge in [-0.1, -0.05) is 0 Å². The minimum Gasteiger partial charge on any atom is -0.370 e. The average molecular weight is 210 g/mol. The highest BCUT2D eigenvalue weighted by atomic mass is 16.3. The van der Waals surface area contributed by atoms with E-state index in [2.05, 4.69) is 15.6 Å². The Morgan fingerprint density at radius 1 is 1.80 bits per heavy atom. The third kappa shape index (κ3) is 2.25. The van der Waals surface area contributed by atoms with Gasteiger partial charge in [0.15, 0.2) is 6.19 Å². The van der Waals surface area contributed by atoms with Gasteiger partial charge in [0.05, 0.1) is 12.0 Å². The van der Waals surface area contributed by atoms with Gasteiger partial charge in [0.2, 0.25) is 5.96 Å². The van der Waals surface area contributed by atoms with Gasteiger partial charge in [-0.05, 0) is 20.8 Å². The second kappa shape index (κ2) is 3.87. The first-order chi connectivity index (χ1) is 6.88. The fourth-order valence-electron chi connectivity index (χ4n) is 1.95. The molecule has 0 aromatic heterocycles. The van der Waals surface area contributed by atoms with E-state index in [0.717, 1.165) is 0 Å². The van der Waals surface area contributed by atoms with E-state index < -0.39 is 11.6 Å². The Labute approximate surface area is 88.0 Å². The molecule has 15 heavy (non-hydrogen) atoms. The van der Waals surface area contributed by atoms with Crippen molar-refractivity contribution < 1.29 is 9.90 Å². The van der Waals surface area contributed by atoms with Crippen molar-refractivity contribution in [1.82, 2.24) is 10.6 Å². The summed E-state index contributed by atoms with van der Waals surface area (Å²) in [5, 5.41) is 23.3. The lowest BCUT2D eigenvalue weighted by Gasteiger charge is -2.38. The van der Waals surface area contributed by atoms with Crippen molar-refractivity contribution in [2.75, 3.05) is 0 Å². The molecular formula is C9H14N4O2. The SMILES string of the molecule is CC(=O)[C@@H]1[C@@H](C)N=C(NC#N)N[C@]1(C)O. The number of nitrogens with zero attached hydrogens (tertiary/aromatic N) is 2. The molecule has 1 rings (SSSR count). The van der Waals surface area contributed by atoms with Crippen molar-refractivity contribution in [3.63, 3.8) is 0 Å². The van der Waals surface area contributed by atoms with Crippen molar-refractivity contribution in [3.8, 4) is 6.19 Å². The van der Waals surface area contributed by atoms with Gasteiger partial charge in [-0.25, -0.2) is 4.99 Å². The molecule has 6 nitrogen and oxygen atoms in total. The van der Waals surface area contributed by atoms with E-state index in [0.29, 0.717) is 0 Å². The Morgan fingerprint density at radius 2 is 2.40 bits per heavy atom. The first-order valence-electron chi connectivity index (χ1n) is 4.62. The molecule has 82 valence electrons. The molecule has 0 spiro atoms. The Kier molecular flexibility index (Phi) is 2.95. The van der Waals surface area contributed by atoms with E-state index in [1.54, 1.807) is 13.1 Å². The van der Waals surface area contributed by atoms with Crippen molar-refractivity contribution in [3.05, 3.63) is 0 Å². The minimum atomic E-state index is -1.38. The second-order valence-electron chi connectivity index (χ2n) is 3.82. The molecule has 0 bridgehead atoms. The van der Waals surface area contributed by atoms with Crippen LogP contribution < -0.4 is 10.6 Å². The van der Waals surface area contributed by atoms with Gasteiger partial charge in [-0.15, -0.1) is 0 Å². The summed E-state index contributed by atoms with van der Waals surface area (Å²) in [6, 6.07) is -0.366. The van der Waals surface area contributed by atoms with Gasteiger partial charge in [0, 0.05) is 0 Å². The number of hydrogen-bond acceptors (Lipinski definition) is 6. The van der Waals surface area contributed by atoms with E-state index in [9.17, 15) is 9.90 Å². The van der Waals surface area contributed by atoms with Crippen molar-refractivity contribution in [2.45, 2.75) is 32.5 Å². The molecule has 1 aliphatic rings. The monoisotopic (exact) mass is 210 g/mol. The van der Waals surface area contributed by atoms with Crippen LogP contribution in [0.3, 0.4) is 0 Å². The zero-order valence-corrected chi connectivity index (χ0v) is 8.90. The predicted molar refractivity (Wildman–Crippen MR) is 53.6 cm³/mol. The van der Waals surface area contributed by atoms with Gasteiger partial charge >= 0.3 is 0 Å². The molecule has 3 N–H and O–H groups in total. The first-order valence-corrected chi connectivity index (χ1v) is 4.62. The van der Waals surface area contributed by atoms with Crippen molar-refractivity contribution >= 4 is 11.7 Å². The average Bonchev–Trinajstić information content (AvgIpc) is 1.99. The summed E-state index contributed by atoms with van der Waals surface area (Å²) in [5.74, 6) is -0.561. The summed E-state index contributed by atoms with van der Waals surface area (Å²) in [4.78, 5) is 15.4.